The van der Waals surface area contributed by atoms with Gasteiger partial charge in [-0.15, -0.1) is 0 Å². The molecule has 0 aromatic heterocycles. The van der Waals surface area contributed by atoms with Crippen LogP contribution in [0, 0.1) is 5.92 Å². The zero-order valence-electron chi connectivity index (χ0n) is 15.1. The number of aromatic hydroxyl groups is 1. The smallest absolute Gasteiger partial charge is 0.224 e. The Morgan fingerprint density at radius 3 is 2.64 bits per heavy atom. The van der Waals surface area contributed by atoms with Gasteiger partial charge in [0.1, 0.15) is 0 Å². The molecule has 1 aromatic carbocycles. The quantitative estimate of drug-likeness (QED) is 0.791. The summed E-state index contributed by atoms with van der Waals surface area (Å²) in [5.74, 6) is 1.26. The molecular weight excluding hydrogens is 314 g/mol. The van der Waals surface area contributed by atoms with Crippen LogP contribution in [0.15, 0.2) is 29.8 Å². The van der Waals surface area contributed by atoms with Gasteiger partial charge < -0.3 is 15.2 Å². The summed E-state index contributed by atoms with van der Waals surface area (Å²) in [7, 11) is 1.51. The van der Waals surface area contributed by atoms with Gasteiger partial charge in [0.25, 0.3) is 0 Å². The van der Waals surface area contributed by atoms with E-state index in [1.165, 1.54) is 45.6 Å². The number of methoxy groups -OCH3 is 1. The highest BCUT2D eigenvalue weighted by Crippen LogP contribution is 2.31. The van der Waals surface area contributed by atoms with E-state index < -0.39 is 0 Å². The van der Waals surface area contributed by atoms with E-state index >= 15 is 0 Å². The van der Waals surface area contributed by atoms with Crippen molar-refractivity contribution in [2.75, 3.05) is 7.11 Å². The maximum Gasteiger partial charge on any atom is 0.224 e. The Bertz CT molecular complexity index is 622. The van der Waals surface area contributed by atoms with E-state index in [9.17, 15) is 9.90 Å². The summed E-state index contributed by atoms with van der Waals surface area (Å²) in [4.78, 5) is 12.3. The first-order valence-corrected chi connectivity index (χ1v) is 9.49. The highest BCUT2D eigenvalue weighted by molar-refractivity contribution is 5.79. The molecule has 0 spiro atoms. The molecule has 1 amide bonds. The van der Waals surface area contributed by atoms with Crippen molar-refractivity contribution < 1.29 is 14.6 Å². The molecule has 2 fully saturated rings. The molecule has 1 aromatic rings. The van der Waals surface area contributed by atoms with Gasteiger partial charge in [-0.2, -0.15) is 0 Å². The summed E-state index contributed by atoms with van der Waals surface area (Å²) in [6.07, 6.45) is 12.7. The number of benzene rings is 1. The Hall–Kier alpha value is -1.97. The molecule has 136 valence electrons. The molecule has 0 atom stereocenters. The third-order valence-corrected chi connectivity index (χ3v) is 5.46. The number of carbonyl (C=O) groups is 1. The van der Waals surface area contributed by atoms with Crippen LogP contribution >= 0.6 is 0 Å². The van der Waals surface area contributed by atoms with Crippen molar-refractivity contribution in [2.24, 2.45) is 5.92 Å². The Balaban J connectivity index is 1.45. The zero-order chi connectivity index (χ0) is 17.6. The van der Waals surface area contributed by atoms with Crippen LogP contribution in [0.3, 0.4) is 0 Å². The summed E-state index contributed by atoms with van der Waals surface area (Å²) in [5.41, 5.74) is 2.51. The molecule has 25 heavy (non-hydrogen) atoms. The molecule has 0 radical (unpaired) electrons. The molecule has 0 saturated heterocycles. The fraction of sp³-hybridized carbons (Fsp3) is 0.571. The largest absolute Gasteiger partial charge is 0.504 e. The third kappa shape index (κ3) is 5.00. The molecule has 0 bridgehead atoms. The van der Waals surface area contributed by atoms with Crippen LogP contribution in [-0.4, -0.2) is 24.2 Å². The van der Waals surface area contributed by atoms with E-state index in [1.54, 1.807) is 23.8 Å². The average Bonchev–Trinajstić information content (AvgIpc) is 3.11. The average molecular weight is 343 g/mol. The molecule has 2 aliphatic rings. The lowest BCUT2D eigenvalue weighted by Crippen LogP contribution is -2.38. The summed E-state index contributed by atoms with van der Waals surface area (Å²) < 4.78 is 5.10. The first-order chi connectivity index (χ1) is 12.1. The maximum absolute atomic E-state index is 12.3. The normalized spacial score (nSPS) is 23.3. The number of rotatable bonds is 5. The number of carbonyl (C=O) groups excluding carboxylic acids is 1. The minimum Gasteiger partial charge on any atom is -0.504 e. The lowest BCUT2D eigenvalue weighted by Gasteiger charge is -2.28. The van der Waals surface area contributed by atoms with Gasteiger partial charge in [-0.1, -0.05) is 17.7 Å². The molecule has 2 aliphatic carbocycles. The van der Waals surface area contributed by atoms with Crippen molar-refractivity contribution in [3.8, 4) is 11.5 Å². The molecule has 4 heteroatoms. The number of amides is 1. The number of ether oxygens (including phenoxy) is 1. The lowest BCUT2D eigenvalue weighted by atomic mass is 9.84. The van der Waals surface area contributed by atoms with E-state index in [-0.39, 0.29) is 11.7 Å². The van der Waals surface area contributed by atoms with Crippen LogP contribution in [0.25, 0.3) is 0 Å². The molecule has 2 saturated carbocycles. The number of phenolic OH excluding ortho intramolecular Hbond substituents is 1. The van der Waals surface area contributed by atoms with E-state index in [0.29, 0.717) is 24.1 Å². The first kappa shape index (κ1) is 17.8. The van der Waals surface area contributed by atoms with Crippen molar-refractivity contribution in [2.45, 2.75) is 63.8 Å². The number of hydrogen-bond acceptors (Lipinski definition) is 3. The highest BCUT2D eigenvalue weighted by atomic mass is 16.5. The van der Waals surface area contributed by atoms with Gasteiger partial charge in [-0.3, -0.25) is 4.79 Å². The Kier molecular flexibility index (Phi) is 6.00. The highest BCUT2D eigenvalue weighted by Gasteiger charge is 2.22. The predicted molar refractivity (Wildman–Crippen MR) is 98.8 cm³/mol. The lowest BCUT2D eigenvalue weighted by molar-refractivity contribution is -0.121. The predicted octanol–water partition coefficient (Wildman–Crippen LogP) is 4.12. The second-order valence-corrected chi connectivity index (χ2v) is 7.39. The molecule has 4 nitrogen and oxygen atoms in total. The van der Waals surface area contributed by atoms with Crippen molar-refractivity contribution >= 4 is 5.91 Å². The number of phenols is 1. The second-order valence-electron chi connectivity index (χ2n) is 7.39. The number of nitrogens with one attached hydrogen (secondary N) is 1. The van der Waals surface area contributed by atoms with Crippen LogP contribution in [0.1, 0.15) is 56.9 Å². The Morgan fingerprint density at radius 2 is 1.96 bits per heavy atom. The standard InChI is InChI=1S/C21H29NO3/c1-25-20-13-17(8-11-19(20)23)14-21(24)22-18-9-6-16(7-10-18)12-15-4-2-3-5-15/h8,11-13,16,18,23H,2-7,9-10,14H2,1H3,(H,22,24)/t16-,18-. The van der Waals surface area contributed by atoms with Crippen molar-refractivity contribution in [1.29, 1.82) is 0 Å². The Morgan fingerprint density at radius 1 is 1.24 bits per heavy atom. The van der Waals surface area contributed by atoms with Crippen LogP contribution < -0.4 is 10.1 Å². The van der Waals surface area contributed by atoms with Crippen molar-refractivity contribution in [3.05, 3.63) is 35.4 Å². The fourth-order valence-corrected chi connectivity index (χ4v) is 4.06. The van der Waals surface area contributed by atoms with E-state index in [1.807, 2.05) is 0 Å². The van der Waals surface area contributed by atoms with Gasteiger partial charge >= 0.3 is 0 Å². The van der Waals surface area contributed by atoms with Crippen LogP contribution in [-0.2, 0) is 11.2 Å². The minimum absolute atomic E-state index is 0.0466. The van der Waals surface area contributed by atoms with Gasteiger partial charge in [0.05, 0.1) is 13.5 Å². The van der Waals surface area contributed by atoms with E-state index in [0.717, 1.165) is 18.4 Å². The van der Waals surface area contributed by atoms with Crippen molar-refractivity contribution in [1.82, 2.24) is 5.32 Å². The van der Waals surface area contributed by atoms with Gasteiger partial charge in [0, 0.05) is 6.04 Å². The van der Waals surface area contributed by atoms with Crippen LogP contribution in [0.4, 0.5) is 0 Å². The zero-order valence-corrected chi connectivity index (χ0v) is 15.1. The molecule has 2 N–H and O–H groups in total. The third-order valence-electron chi connectivity index (χ3n) is 5.46. The minimum atomic E-state index is 0.0466. The van der Waals surface area contributed by atoms with E-state index in [2.05, 4.69) is 11.4 Å². The molecule has 0 heterocycles. The second kappa shape index (κ2) is 8.41. The molecule has 0 unspecified atom stereocenters. The van der Waals surface area contributed by atoms with Crippen molar-refractivity contribution in [3.63, 3.8) is 0 Å². The summed E-state index contributed by atoms with van der Waals surface area (Å²) >= 11 is 0. The maximum atomic E-state index is 12.3. The topological polar surface area (TPSA) is 58.6 Å². The SMILES string of the molecule is COc1cc(CC(=O)N[C@H]2CC[C@H](C=C3CCCC3)CC2)ccc1O. The molecule has 0 aliphatic heterocycles. The van der Waals surface area contributed by atoms with Gasteiger partial charge in [-0.05, 0) is 75.0 Å². The van der Waals surface area contributed by atoms with Gasteiger partial charge in [0.2, 0.25) is 5.91 Å². The van der Waals surface area contributed by atoms with Crippen LogP contribution in [0.5, 0.6) is 11.5 Å². The van der Waals surface area contributed by atoms with Crippen LogP contribution in [0.2, 0.25) is 0 Å². The number of hydrogen-bond donors (Lipinski definition) is 2. The molecular formula is C21H29NO3. The fourth-order valence-electron chi connectivity index (χ4n) is 4.06. The first-order valence-electron chi connectivity index (χ1n) is 9.49. The van der Waals surface area contributed by atoms with Gasteiger partial charge in [0.15, 0.2) is 11.5 Å². The number of allylic oxidation sites excluding steroid dienone is 2. The van der Waals surface area contributed by atoms with E-state index in [4.69, 9.17) is 4.74 Å². The summed E-state index contributed by atoms with van der Waals surface area (Å²) in [5, 5.41) is 12.8. The summed E-state index contributed by atoms with van der Waals surface area (Å²) in [6.45, 7) is 0. The Labute approximate surface area is 150 Å². The summed E-state index contributed by atoms with van der Waals surface area (Å²) in [6, 6.07) is 5.36. The monoisotopic (exact) mass is 343 g/mol. The molecule has 3 rings (SSSR count). The van der Waals surface area contributed by atoms with Gasteiger partial charge in [-0.25, -0.2) is 0 Å².